The van der Waals surface area contributed by atoms with Gasteiger partial charge in [-0.2, -0.15) is 0 Å². The van der Waals surface area contributed by atoms with Crippen molar-refractivity contribution in [3.05, 3.63) is 27.9 Å². The number of nitrogens with zero attached hydrogens (tertiary/aromatic N) is 2. The van der Waals surface area contributed by atoms with Gasteiger partial charge >= 0.3 is 0 Å². The summed E-state index contributed by atoms with van der Waals surface area (Å²) in [4.78, 5) is 25.8. The zero-order valence-corrected chi connectivity index (χ0v) is 12.0. The molecule has 0 radical (unpaired) electrons. The lowest BCUT2D eigenvalue weighted by molar-refractivity contribution is -0.385. The Labute approximate surface area is 120 Å². The summed E-state index contributed by atoms with van der Waals surface area (Å²) < 4.78 is 23.0. The van der Waals surface area contributed by atoms with Gasteiger partial charge in [0.1, 0.15) is 12.0 Å². The van der Waals surface area contributed by atoms with Crippen LogP contribution in [0, 0.1) is 10.1 Å². The SMILES string of the molecule is CC1(NC(=O)c2cc([N+](=O)[O-])cnc2N)CCS(=O)(=O)C1. The number of aromatic nitrogens is 1. The highest BCUT2D eigenvalue weighted by Crippen LogP contribution is 2.24. The molecule has 2 rings (SSSR count). The van der Waals surface area contributed by atoms with Gasteiger partial charge in [0, 0.05) is 6.07 Å². The van der Waals surface area contributed by atoms with E-state index in [1.165, 1.54) is 0 Å². The molecule has 1 aliphatic rings. The van der Waals surface area contributed by atoms with Crippen LogP contribution in [-0.4, -0.2) is 41.3 Å². The first-order valence-corrected chi connectivity index (χ1v) is 7.87. The monoisotopic (exact) mass is 314 g/mol. The van der Waals surface area contributed by atoms with Crippen LogP contribution in [-0.2, 0) is 9.84 Å². The molecule has 1 unspecified atom stereocenters. The van der Waals surface area contributed by atoms with Gasteiger partial charge in [0.05, 0.1) is 27.5 Å². The summed E-state index contributed by atoms with van der Waals surface area (Å²) >= 11 is 0. The second-order valence-electron chi connectivity index (χ2n) is 5.24. The number of hydrogen-bond donors (Lipinski definition) is 2. The van der Waals surface area contributed by atoms with Crippen LogP contribution in [0.1, 0.15) is 23.7 Å². The molecule has 114 valence electrons. The number of nitrogen functional groups attached to an aromatic ring is 1. The van der Waals surface area contributed by atoms with E-state index in [0.717, 1.165) is 12.3 Å². The van der Waals surface area contributed by atoms with Crippen LogP contribution in [0.5, 0.6) is 0 Å². The number of nitrogens with one attached hydrogen (secondary N) is 1. The normalized spacial score (nSPS) is 23.7. The molecule has 21 heavy (non-hydrogen) atoms. The molecule has 0 aliphatic carbocycles. The van der Waals surface area contributed by atoms with Gasteiger partial charge in [0.2, 0.25) is 0 Å². The number of rotatable bonds is 3. The number of nitro groups is 1. The van der Waals surface area contributed by atoms with Crippen LogP contribution in [0.2, 0.25) is 0 Å². The third-order valence-electron chi connectivity index (χ3n) is 3.28. The minimum atomic E-state index is -3.18. The smallest absolute Gasteiger partial charge is 0.288 e. The molecule has 1 saturated heterocycles. The van der Waals surface area contributed by atoms with Crippen molar-refractivity contribution < 1.29 is 18.1 Å². The predicted molar refractivity (Wildman–Crippen MR) is 74.4 cm³/mol. The van der Waals surface area contributed by atoms with E-state index in [4.69, 9.17) is 5.73 Å². The summed E-state index contributed by atoms with van der Waals surface area (Å²) in [5, 5.41) is 13.3. The van der Waals surface area contributed by atoms with Crippen LogP contribution in [0.3, 0.4) is 0 Å². The fourth-order valence-corrected chi connectivity index (χ4v) is 4.29. The van der Waals surface area contributed by atoms with Crippen LogP contribution in [0.25, 0.3) is 0 Å². The van der Waals surface area contributed by atoms with Crippen LogP contribution < -0.4 is 11.1 Å². The van der Waals surface area contributed by atoms with Crippen molar-refractivity contribution in [1.29, 1.82) is 0 Å². The Morgan fingerprint density at radius 3 is 2.76 bits per heavy atom. The summed E-state index contributed by atoms with van der Waals surface area (Å²) in [7, 11) is -3.18. The van der Waals surface area contributed by atoms with Crippen molar-refractivity contribution in [2.75, 3.05) is 17.2 Å². The summed E-state index contributed by atoms with van der Waals surface area (Å²) in [6.45, 7) is 1.61. The molecule has 1 aromatic heterocycles. The second kappa shape index (κ2) is 4.95. The molecular formula is C11H14N4O5S. The zero-order chi connectivity index (χ0) is 15.8. The number of amides is 1. The lowest BCUT2D eigenvalue weighted by Crippen LogP contribution is -2.47. The number of hydrogen-bond acceptors (Lipinski definition) is 7. The Kier molecular flexibility index (Phi) is 3.58. The number of sulfone groups is 1. The molecule has 3 N–H and O–H groups in total. The van der Waals surface area contributed by atoms with Crippen molar-refractivity contribution in [2.24, 2.45) is 0 Å². The molecule has 10 heteroatoms. The topological polar surface area (TPSA) is 145 Å². The van der Waals surface area contributed by atoms with Crippen molar-refractivity contribution in [1.82, 2.24) is 10.3 Å². The quantitative estimate of drug-likeness (QED) is 0.584. The maximum absolute atomic E-state index is 12.2. The van der Waals surface area contributed by atoms with E-state index < -0.39 is 26.2 Å². The maximum atomic E-state index is 12.2. The molecule has 0 bridgehead atoms. The molecule has 0 aromatic carbocycles. The molecule has 0 saturated carbocycles. The third kappa shape index (κ3) is 3.27. The number of carbonyl (C=O) groups excluding carboxylic acids is 1. The summed E-state index contributed by atoms with van der Waals surface area (Å²) in [5.41, 5.74) is 4.13. The first kappa shape index (κ1) is 15.2. The fourth-order valence-electron chi connectivity index (χ4n) is 2.20. The highest BCUT2D eigenvalue weighted by molar-refractivity contribution is 7.91. The minimum absolute atomic E-state index is 0.00749. The van der Waals surface area contributed by atoms with Crippen molar-refractivity contribution in [3.8, 4) is 0 Å². The lowest BCUT2D eigenvalue weighted by Gasteiger charge is -2.24. The van der Waals surface area contributed by atoms with Gasteiger partial charge in [-0.15, -0.1) is 0 Å². The number of carbonyl (C=O) groups is 1. The van der Waals surface area contributed by atoms with Gasteiger partial charge < -0.3 is 11.1 Å². The van der Waals surface area contributed by atoms with Crippen LogP contribution >= 0.6 is 0 Å². The van der Waals surface area contributed by atoms with Crippen molar-refractivity contribution >= 4 is 27.2 Å². The molecular weight excluding hydrogens is 300 g/mol. The molecule has 0 spiro atoms. The fraction of sp³-hybridized carbons (Fsp3) is 0.455. The second-order valence-corrected chi connectivity index (χ2v) is 7.42. The van der Waals surface area contributed by atoms with Crippen molar-refractivity contribution in [2.45, 2.75) is 18.9 Å². The van der Waals surface area contributed by atoms with Gasteiger partial charge in [-0.25, -0.2) is 13.4 Å². The molecule has 1 aromatic rings. The van der Waals surface area contributed by atoms with Gasteiger partial charge in [-0.3, -0.25) is 14.9 Å². The average molecular weight is 314 g/mol. The van der Waals surface area contributed by atoms with Crippen LogP contribution in [0.15, 0.2) is 12.3 Å². The van der Waals surface area contributed by atoms with E-state index >= 15 is 0 Å². The first-order chi connectivity index (χ1) is 9.62. The van der Waals surface area contributed by atoms with E-state index in [2.05, 4.69) is 10.3 Å². The van der Waals surface area contributed by atoms with E-state index in [9.17, 15) is 23.3 Å². The number of pyridine rings is 1. The van der Waals surface area contributed by atoms with E-state index in [1.807, 2.05) is 0 Å². The first-order valence-electron chi connectivity index (χ1n) is 6.05. The van der Waals surface area contributed by atoms with Gasteiger partial charge in [0.15, 0.2) is 9.84 Å². The van der Waals surface area contributed by atoms with E-state index in [0.29, 0.717) is 0 Å². The van der Waals surface area contributed by atoms with Gasteiger partial charge in [-0.05, 0) is 13.3 Å². The Balaban J connectivity index is 2.25. The third-order valence-corrected chi connectivity index (χ3v) is 5.18. The van der Waals surface area contributed by atoms with Crippen molar-refractivity contribution in [3.63, 3.8) is 0 Å². The summed E-state index contributed by atoms with van der Waals surface area (Å²) in [6, 6.07) is 1.02. The average Bonchev–Trinajstić information content (AvgIpc) is 2.63. The molecule has 9 nitrogen and oxygen atoms in total. The largest absolute Gasteiger partial charge is 0.383 e. The predicted octanol–water partition coefficient (Wildman–Crippen LogP) is -0.121. The lowest BCUT2D eigenvalue weighted by atomic mass is 10.0. The number of nitrogens with two attached hydrogens (primary N) is 1. The highest BCUT2D eigenvalue weighted by Gasteiger charge is 2.40. The Hall–Kier alpha value is -2.23. The summed E-state index contributed by atoms with van der Waals surface area (Å²) in [5.74, 6) is -1.01. The molecule has 2 heterocycles. The van der Waals surface area contributed by atoms with Gasteiger partial charge in [0.25, 0.3) is 11.6 Å². The highest BCUT2D eigenvalue weighted by atomic mass is 32.2. The molecule has 1 aliphatic heterocycles. The minimum Gasteiger partial charge on any atom is -0.383 e. The zero-order valence-electron chi connectivity index (χ0n) is 11.2. The maximum Gasteiger partial charge on any atom is 0.288 e. The Bertz CT molecular complexity index is 717. The summed E-state index contributed by atoms with van der Waals surface area (Å²) in [6.07, 6.45) is 1.23. The molecule has 1 fully saturated rings. The van der Waals surface area contributed by atoms with Gasteiger partial charge in [-0.1, -0.05) is 0 Å². The Morgan fingerprint density at radius 1 is 1.57 bits per heavy atom. The standard InChI is InChI=1S/C11H14N4O5S/c1-11(2-3-21(19,20)6-11)14-10(16)8-4-7(15(17)18)5-13-9(8)12/h4-5H,2-3,6H2,1H3,(H2,12,13)(H,14,16). The number of anilines is 1. The van der Waals surface area contributed by atoms with Crippen LogP contribution in [0.4, 0.5) is 11.5 Å². The molecule has 1 amide bonds. The van der Waals surface area contributed by atoms with E-state index in [1.54, 1.807) is 6.92 Å². The molecule has 1 atom stereocenters. The van der Waals surface area contributed by atoms with E-state index in [-0.39, 0.29) is 35.0 Å². The Morgan fingerprint density at radius 2 is 2.24 bits per heavy atom.